The minimum Gasteiger partial charge on any atom is -0.326 e. The second-order valence-electron chi connectivity index (χ2n) is 2.50. The van der Waals surface area contributed by atoms with Gasteiger partial charge in [0.1, 0.15) is 5.82 Å². The maximum absolute atomic E-state index is 13.0. The van der Waals surface area contributed by atoms with E-state index in [1.165, 1.54) is 12.1 Å². The average molecular weight is 204 g/mol. The van der Waals surface area contributed by atoms with Crippen LogP contribution in [0.1, 0.15) is 5.56 Å². The third kappa shape index (κ3) is 2.24. The lowest BCUT2D eigenvalue weighted by atomic mass is 10.2. The van der Waals surface area contributed by atoms with Gasteiger partial charge in [0.2, 0.25) is 10.0 Å². The molecule has 1 aromatic carbocycles. The second kappa shape index (κ2) is 3.41. The Balaban J connectivity index is 3.26. The molecule has 0 aliphatic heterocycles. The number of hydrogen-bond donors (Lipinski definition) is 2. The molecule has 0 aromatic heterocycles. The van der Waals surface area contributed by atoms with Crippen LogP contribution in [0.5, 0.6) is 0 Å². The predicted octanol–water partition coefficient (Wildman–Crippen LogP) is -0.0682. The second-order valence-corrected chi connectivity index (χ2v) is 4.06. The van der Waals surface area contributed by atoms with E-state index < -0.39 is 15.8 Å². The van der Waals surface area contributed by atoms with Crippen LogP contribution in [0.3, 0.4) is 0 Å². The molecule has 0 aliphatic rings. The van der Waals surface area contributed by atoms with E-state index in [0.29, 0.717) is 0 Å². The van der Waals surface area contributed by atoms with Gasteiger partial charge in [0.05, 0.1) is 4.90 Å². The van der Waals surface area contributed by atoms with Gasteiger partial charge in [-0.05, 0) is 12.1 Å². The largest absolute Gasteiger partial charge is 0.326 e. The van der Waals surface area contributed by atoms with Gasteiger partial charge in [0.15, 0.2) is 0 Å². The molecular formula is C7H9FN2O2S. The minimum atomic E-state index is -3.83. The molecule has 0 fully saturated rings. The fourth-order valence-corrected chi connectivity index (χ4v) is 1.40. The van der Waals surface area contributed by atoms with Gasteiger partial charge in [-0.1, -0.05) is 6.07 Å². The van der Waals surface area contributed by atoms with Crippen molar-refractivity contribution in [2.45, 2.75) is 11.4 Å². The maximum atomic E-state index is 13.0. The Hall–Kier alpha value is -0.980. The quantitative estimate of drug-likeness (QED) is 0.707. The van der Waals surface area contributed by atoms with Gasteiger partial charge < -0.3 is 5.73 Å². The van der Waals surface area contributed by atoms with E-state index in [4.69, 9.17) is 10.9 Å². The van der Waals surface area contributed by atoms with E-state index in [1.807, 2.05) is 0 Å². The van der Waals surface area contributed by atoms with Crippen LogP contribution in [0.25, 0.3) is 0 Å². The normalized spacial score (nSPS) is 11.6. The van der Waals surface area contributed by atoms with E-state index in [2.05, 4.69) is 0 Å². The summed E-state index contributed by atoms with van der Waals surface area (Å²) in [6.07, 6.45) is 0. The molecule has 0 unspecified atom stereocenters. The zero-order chi connectivity index (χ0) is 10.1. The fourth-order valence-electron chi connectivity index (χ4n) is 0.871. The highest BCUT2D eigenvalue weighted by Crippen LogP contribution is 2.12. The number of primary sulfonamides is 1. The third-order valence-electron chi connectivity index (χ3n) is 1.57. The predicted molar refractivity (Wildman–Crippen MR) is 45.7 cm³/mol. The average Bonchev–Trinajstić information content (AvgIpc) is 2.02. The highest BCUT2D eigenvalue weighted by atomic mass is 32.2. The van der Waals surface area contributed by atoms with Gasteiger partial charge in [0.25, 0.3) is 0 Å². The topological polar surface area (TPSA) is 86.2 Å². The Morgan fingerprint density at radius 3 is 2.38 bits per heavy atom. The van der Waals surface area contributed by atoms with Crippen molar-refractivity contribution in [2.75, 3.05) is 0 Å². The van der Waals surface area contributed by atoms with Crippen LogP contribution in [0.2, 0.25) is 0 Å². The standard InChI is InChI=1S/C7H9FN2O2S/c8-7-3-6(13(10,11)12)2-1-5(7)4-9/h1-3H,4,9H2,(H2,10,11,12). The van der Waals surface area contributed by atoms with Gasteiger partial charge in [-0.3, -0.25) is 0 Å². The maximum Gasteiger partial charge on any atom is 0.238 e. The van der Waals surface area contributed by atoms with Crippen LogP contribution >= 0.6 is 0 Å². The molecule has 72 valence electrons. The summed E-state index contributed by atoms with van der Waals surface area (Å²) in [4.78, 5) is -0.248. The van der Waals surface area contributed by atoms with Crippen molar-refractivity contribution in [3.8, 4) is 0 Å². The first kappa shape index (κ1) is 10.1. The SMILES string of the molecule is NCc1ccc(S(N)(=O)=O)cc1F. The molecule has 6 heteroatoms. The smallest absolute Gasteiger partial charge is 0.238 e. The van der Waals surface area contributed by atoms with Gasteiger partial charge in [-0.15, -0.1) is 0 Å². The molecule has 0 saturated heterocycles. The summed E-state index contributed by atoms with van der Waals surface area (Å²) in [7, 11) is -3.83. The van der Waals surface area contributed by atoms with Crippen molar-refractivity contribution in [1.82, 2.24) is 0 Å². The molecule has 13 heavy (non-hydrogen) atoms. The fraction of sp³-hybridized carbons (Fsp3) is 0.143. The summed E-state index contributed by atoms with van der Waals surface area (Å²) in [5.74, 6) is -0.658. The number of benzene rings is 1. The summed E-state index contributed by atoms with van der Waals surface area (Å²) < 4.78 is 34.5. The van der Waals surface area contributed by atoms with Crippen LogP contribution in [0.15, 0.2) is 23.1 Å². The Labute approximate surface area is 75.4 Å². The number of rotatable bonds is 2. The van der Waals surface area contributed by atoms with Crippen LogP contribution in [-0.4, -0.2) is 8.42 Å². The number of nitrogens with two attached hydrogens (primary N) is 2. The van der Waals surface area contributed by atoms with Crippen molar-refractivity contribution < 1.29 is 12.8 Å². The lowest BCUT2D eigenvalue weighted by Crippen LogP contribution is -2.13. The monoisotopic (exact) mass is 204 g/mol. The third-order valence-corrected chi connectivity index (χ3v) is 2.48. The van der Waals surface area contributed by atoms with Gasteiger partial charge in [0, 0.05) is 12.1 Å². The van der Waals surface area contributed by atoms with Crippen molar-refractivity contribution >= 4 is 10.0 Å². The zero-order valence-corrected chi connectivity index (χ0v) is 7.51. The molecule has 0 atom stereocenters. The molecule has 1 rings (SSSR count). The summed E-state index contributed by atoms with van der Waals surface area (Å²) in [5.41, 5.74) is 5.45. The molecule has 4 N–H and O–H groups in total. The van der Waals surface area contributed by atoms with E-state index in [0.717, 1.165) is 6.07 Å². The van der Waals surface area contributed by atoms with Crippen LogP contribution in [0, 0.1) is 5.82 Å². The molecule has 0 spiro atoms. The van der Waals surface area contributed by atoms with Gasteiger partial charge in [-0.25, -0.2) is 17.9 Å². The molecule has 0 bridgehead atoms. The van der Waals surface area contributed by atoms with Crippen LogP contribution in [-0.2, 0) is 16.6 Å². The molecule has 4 nitrogen and oxygen atoms in total. The van der Waals surface area contributed by atoms with Crippen molar-refractivity contribution in [3.63, 3.8) is 0 Å². The first-order chi connectivity index (χ1) is 5.95. The number of halogens is 1. The molecule has 0 heterocycles. The van der Waals surface area contributed by atoms with Gasteiger partial charge in [-0.2, -0.15) is 0 Å². The first-order valence-electron chi connectivity index (χ1n) is 3.46. The van der Waals surface area contributed by atoms with E-state index in [-0.39, 0.29) is 17.0 Å². The molecule has 0 amide bonds. The van der Waals surface area contributed by atoms with Crippen LogP contribution < -0.4 is 10.9 Å². The van der Waals surface area contributed by atoms with E-state index in [9.17, 15) is 12.8 Å². The molecule has 1 aromatic rings. The Morgan fingerprint density at radius 1 is 1.38 bits per heavy atom. The van der Waals surface area contributed by atoms with Crippen molar-refractivity contribution in [3.05, 3.63) is 29.6 Å². The highest BCUT2D eigenvalue weighted by molar-refractivity contribution is 7.89. The molecule has 0 saturated carbocycles. The summed E-state index contributed by atoms with van der Waals surface area (Å²) in [5, 5.41) is 4.79. The Bertz CT molecular complexity index is 417. The zero-order valence-electron chi connectivity index (χ0n) is 6.70. The summed E-state index contributed by atoms with van der Waals surface area (Å²) in [6, 6.07) is 3.38. The van der Waals surface area contributed by atoms with Crippen molar-refractivity contribution in [2.24, 2.45) is 10.9 Å². The van der Waals surface area contributed by atoms with Crippen molar-refractivity contribution in [1.29, 1.82) is 0 Å². The van der Waals surface area contributed by atoms with Crippen LogP contribution in [0.4, 0.5) is 4.39 Å². The van der Waals surface area contributed by atoms with Gasteiger partial charge >= 0.3 is 0 Å². The first-order valence-corrected chi connectivity index (χ1v) is 5.01. The summed E-state index contributed by atoms with van der Waals surface area (Å²) >= 11 is 0. The molecular weight excluding hydrogens is 195 g/mol. The molecule has 0 radical (unpaired) electrons. The lowest BCUT2D eigenvalue weighted by molar-refractivity contribution is 0.588. The highest BCUT2D eigenvalue weighted by Gasteiger charge is 2.10. The van der Waals surface area contributed by atoms with E-state index in [1.54, 1.807) is 0 Å². The number of hydrogen-bond acceptors (Lipinski definition) is 3. The number of sulfonamides is 1. The van der Waals surface area contributed by atoms with E-state index >= 15 is 0 Å². The minimum absolute atomic E-state index is 0.0245. The summed E-state index contributed by atoms with van der Waals surface area (Å²) in [6.45, 7) is 0.0245. The molecule has 0 aliphatic carbocycles. The lowest BCUT2D eigenvalue weighted by Gasteiger charge is -2.01. The Kier molecular flexibility index (Phi) is 2.65. The Morgan fingerprint density at radius 2 is 2.00 bits per heavy atom.